The Hall–Kier alpha value is -2.18. The van der Waals surface area contributed by atoms with E-state index in [0.29, 0.717) is 13.0 Å². The van der Waals surface area contributed by atoms with Gasteiger partial charge in [0.15, 0.2) is 0 Å². The molecule has 0 aliphatic rings. The number of rotatable bonds is 8. The van der Waals surface area contributed by atoms with Crippen molar-refractivity contribution in [2.24, 2.45) is 0 Å². The van der Waals surface area contributed by atoms with Gasteiger partial charge in [0, 0.05) is 25.1 Å². The van der Waals surface area contributed by atoms with Gasteiger partial charge >= 0.3 is 5.97 Å². The molecule has 1 amide bonds. The molecule has 1 aromatic rings. The molecule has 7 nitrogen and oxygen atoms in total. The highest BCUT2D eigenvalue weighted by molar-refractivity contribution is 5.92. The van der Waals surface area contributed by atoms with Gasteiger partial charge in [-0.2, -0.15) is 5.10 Å². The standard InChI is InChI=1S/C14H21N3O4/c1-3-4-9-17-12(18)7-6-11(16-17)14(21)15-10(2)5-8-13(19)20/h6-7,10H,3-5,8-9H2,1-2H3,(H,15,21)(H,19,20). The molecular formula is C14H21N3O4. The van der Waals surface area contributed by atoms with E-state index in [9.17, 15) is 14.4 Å². The van der Waals surface area contributed by atoms with Crippen molar-refractivity contribution in [2.75, 3.05) is 0 Å². The average Bonchev–Trinajstić information content (AvgIpc) is 2.44. The Bertz CT molecular complexity index is 553. The largest absolute Gasteiger partial charge is 0.481 e. The number of aliphatic carboxylic acids is 1. The molecule has 116 valence electrons. The Kier molecular flexibility index (Phi) is 6.58. The lowest BCUT2D eigenvalue weighted by atomic mass is 10.2. The number of nitrogens with zero attached hydrogens (tertiary/aromatic N) is 2. The SMILES string of the molecule is CCCCn1nc(C(=O)NC(C)CCC(=O)O)ccc1=O. The molecule has 1 heterocycles. The minimum atomic E-state index is -0.901. The average molecular weight is 295 g/mol. The number of hydrogen-bond donors (Lipinski definition) is 2. The van der Waals surface area contributed by atoms with E-state index in [1.807, 2.05) is 6.92 Å². The first-order chi connectivity index (χ1) is 9.93. The van der Waals surface area contributed by atoms with E-state index in [-0.39, 0.29) is 23.7 Å². The molecule has 0 saturated carbocycles. The van der Waals surface area contributed by atoms with Crippen LogP contribution in [0.5, 0.6) is 0 Å². The van der Waals surface area contributed by atoms with Crippen molar-refractivity contribution >= 4 is 11.9 Å². The van der Waals surface area contributed by atoms with Crippen LogP contribution in [0.3, 0.4) is 0 Å². The number of aryl methyl sites for hydroxylation is 1. The number of carboxylic acids is 1. The fraction of sp³-hybridized carbons (Fsp3) is 0.571. The maximum absolute atomic E-state index is 12.0. The van der Waals surface area contributed by atoms with Crippen LogP contribution in [0.15, 0.2) is 16.9 Å². The summed E-state index contributed by atoms with van der Waals surface area (Å²) in [4.78, 5) is 34.1. The molecule has 0 saturated heterocycles. The highest BCUT2D eigenvalue weighted by Crippen LogP contribution is 1.99. The highest BCUT2D eigenvalue weighted by Gasteiger charge is 2.13. The van der Waals surface area contributed by atoms with Crippen molar-refractivity contribution in [3.8, 4) is 0 Å². The third kappa shape index (κ3) is 5.76. The Labute approximate surface area is 123 Å². The van der Waals surface area contributed by atoms with Crippen LogP contribution in [0, 0.1) is 0 Å². The summed E-state index contributed by atoms with van der Waals surface area (Å²) in [6, 6.07) is 2.43. The van der Waals surface area contributed by atoms with Gasteiger partial charge in [0.25, 0.3) is 11.5 Å². The van der Waals surface area contributed by atoms with Crippen LogP contribution in [0.1, 0.15) is 50.0 Å². The fourth-order valence-electron chi connectivity index (χ4n) is 1.75. The van der Waals surface area contributed by atoms with Crippen molar-refractivity contribution in [3.63, 3.8) is 0 Å². The van der Waals surface area contributed by atoms with Crippen LogP contribution in [-0.2, 0) is 11.3 Å². The molecule has 0 bridgehead atoms. The molecule has 0 fully saturated rings. The number of carbonyl (C=O) groups excluding carboxylic acids is 1. The number of unbranched alkanes of at least 4 members (excludes halogenated alkanes) is 1. The van der Waals surface area contributed by atoms with Crippen LogP contribution in [0.25, 0.3) is 0 Å². The lowest BCUT2D eigenvalue weighted by molar-refractivity contribution is -0.137. The zero-order valence-corrected chi connectivity index (χ0v) is 12.3. The van der Waals surface area contributed by atoms with E-state index in [1.165, 1.54) is 16.8 Å². The van der Waals surface area contributed by atoms with Crippen LogP contribution >= 0.6 is 0 Å². The minimum Gasteiger partial charge on any atom is -0.481 e. The summed E-state index contributed by atoms with van der Waals surface area (Å²) in [7, 11) is 0. The van der Waals surface area contributed by atoms with E-state index >= 15 is 0 Å². The molecule has 0 spiro atoms. The number of aromatic nitrogens is 2. The second-order valence-electron chi connectivity index (χ2n) is 4.94. The molecule has 7 heteroatoms. The second-order valence-corrected chi connectivity index (χ2v) is 4.94. The van der Waals surface area contributed by atoms with E-state index in [2.05, 4.69) is 10.4 Å². The predicted octanol–water partition coefficient (Wildman–Crippen LogP) is 1.03. The number of nitrogens with one attached hydrogen (secondary N) is 1. The predicted molar refractivity (Wildman–Crippen MR) is 77.2 cm³/mol. The van der Waals surface area contributed by atoms with Crippen molar-refractivity contribution in [1.82, 2.24) is 15.1 Å². The normalized spacial score (nSPS) is 11.9. The Morgan fingerprint density at radius 1 is 1.43 bits per heavy atom. The topological polar surface area (TPSA) is 101 Å². The number of carboxylic acid groups (broad SMARTS) is 1. The van der Waals surface area contributed by atoms with Crippen molar-refractivity contribution < 1.29 is 14.7 Å². The van der Waals surface area contributed by atoms with Crippen molar-refractivity contribution in [3.05, 3.63) is 28.2 Å². The third-order valence-corrected chi connectivity index (χ3v) is 2.99. The Morgan fingerprint density at radius 3 is 2.76 bits per heavy atom. The molecule has 1 atom stereocenters. The maximum Gasteiger partial charge on any atom is 0.303 e. The van der Waals surface area contributed by atoms with Gasteiger partial charge in [0.05, 0.1) is 0 Å². The van der Waals surface area contributed by atoms with Crippen molar-refractivity contribution in [1.29, 1.82) is 0 Å². The van der Waals surface area contributed by atoms with Crippen LogP contribution in [0.4, 0.5) is 0 Å². The molecule has 2 N–H and O–H groups in total. The van der Waals surface area contributed by atoms with Gasteiger partial charge < -0.3 is 10.4 Å². The summed E-state index contributed by atoms with van der Waals surface area (Å²) in [5.74, 6) is -1.31. The lowest BCUT2D eigenvalue weighted by Gasteiger charge is -2.13. The smallest absolute Gasteiger partial charge is 0.303 e. The minimum absolute atomic E-state index is 0.00905. The Balaban J connectivity index is 2.69. The van der Waals surface area contributed by atoms with Gasteiger partial charge in [-0.1, -0.05) is 13.3 Å². The van der Waals surface area contributed by atoms with Crippen LogP contribution < -0.4 is 10.9 Å². The first-order valence-electron chi connectivity index (χ1n) is 7.05. The van der Waals surface area contributed by atoms with Gasteiger partial charge in [-0.15, -0.1) is 0 Å². The quantitative estimate of drug-likeness (QED) is 0.745. The molecule has 0 aliphatic heterocycles. The number of amides is 1. The van der Waals surface area contributed by atoms with E-state index in [1.54, 1.807) is 6.92 Å². The summed E-state index contributed by atoms with van der Waals surface area (Å²) in [6.45, 7) is 4.21. The third-order valence-electron chi connectivity index (χ3n) is 2.99. The lowest BCUT2D eigenvalue weighted by Crippen LogP contribution is -2.35. The van der Waals surface area contributed by atoms with Gasteiger partial charge in [-0.25, -0.2) is 4.68 Å². The fourth-order valence-corrected chi connectivity index (χ4v) is 1.75. The molecule has 0 radical (unpaired) electrons. The molecule has 21 heavy (non-hydrogen) atoms. The molecule has 1 rings (SSSR count). The van der Waals surface area contributed by atoms with E-state index in [4.69, 9.17) is 5.11 Å². The van der Waals surface area contributed by atoms with Gasteiger partial charge in [0.2, 0.25) is 0 Å². The Morgan fingerprint density at radius 2 is 2.14 bits per heavy atom. The zero-order chi connectivity index (χ0) is 15.8. The van der Waals surface area contributed by atoms with Crippen LogP contribution in [0.2, 0.25) is 0 Å². The second kappa shape index (κ2) is 8.18. The van der Waals surface area contributed by atoms with E-state index < -0.39 is 11.9 Å². The monoisotopic (exact) mass is 295 g/mol. The highest BCUT2D eigenvalue weighted by atomic mass is 16.4. The summed E-state index contributed by atoms with van der Waals surface area (Å²) >= 11 is 0. The molecule has 0 aliphatic carbocycles. The summed E-state index contributed by atoms with van der Waals surface area (Å²) in [5.41, 5.74) is -0.0770. The number of hydrogen-bond acceptors (Lipinski definition) is 4. The van der Waals surface area contributed by atoms with Gasteiger partial charge in [-0.3, -0.25) is 14.4 Å². The number of carbonyl (C=O) groups is 2. The van der Waals surface area contributed by atoms with E-state index in [0.717, 1.165) is 12.8 Å². The van der Waals surface area contributed by atoms with Crippen molar-refractivity contribution in [2.45, 2.75) is 52.1 Å². The maximum atomic E-state index is 12.0. The molecular weight excluding hydrogens is 274 g/mol. The molecule has 1 aromatic heterocycles. The van der Waals surface area contributed by atoms with Crippen LogP contribution in [-0.4, -0.2) is 32.8 Å². The zero-order valence-electron chi connectivity index (χ0n) is 12.3. The molecule has 0 aromatic carbocycles. The first kappa shape index (κ1) is 16.9. The summed E-state index contributed by atoms with van der Waals surface area (Å²) in [6.07, 6.45) is 2.07. The first-order valence-corrected chi connectivity index (χ1v) is 7.05. The summed E-state index contributed by atoms with van der Waals surface area (Å²) < 4.78 is 1.28. The molecule has 1 unspecified atom stereocenters. The van der Waals surface area contributed by atoms with Gasteiger partial charge in [0.1, 0.15) is 5.69 Å². The summed E-state index contributed by atoms with van der Waals surface area (Å²) in [5, 5.41) is 15.3. The van der Waals surface area contributed by atoms with Gasteiger partial charge in [-0.05, 0) is 25.8 Å².